The molecule has 2 aromatic rings. The summed E-state index contributed by atoms with van der Waals surface area (Å²) in [5.41, 5.74) is 1.14. The molecule has 0 unspecified atom stereocenters. The van der Waals surface area contributed by atoms with Gasteiger partial charge in [0.05, 0.1) is 29.1 Å². The molecule has 1 aliphatic heterocycles. The summed E-state index contributed by atoms with van der Waals surface area (Å²) in [5.74, 6) is -1.29. The van der Waals surface area contributed by atoms with Crippen molar-refractivity contribution in [2.24, 2.45) is 0 Å². The van der Waals surface area contributed by atoms with E-state index in [0.717, 1.165) is 0 Å². The Morgan fingerprint density at radius 1 is 1.24 bits per heavy atom. The minimum Gasteiger partial charge on any atom is -0.468 e. The maximum absolute atomic E-state index is 15.1. The topological polar surface area (TPSA) is 90.0 Å². The largest absolute Gasteiger partial charge is 0.468 e. The van der Waals surface area contributed by atoms with Gasteiger partial charge in [-0.1, -0.05) is 23.2 Å². The van der Waals surface area contributed by atoms with Gasteiger partial charge < -0.3 is 14.4 Å². The Morgan fingerprint density at radius 3 is 2.38 bits per heavy atom. The molecule has 1 aliphatic rings. The van der Waals surface area contributed by atoms with E-state index in [4.69, 9.17) is 37.5 Å². The summed E-state index contributed by atoms with van der Waals surface area (Å²) in [6.07, 6.45) is -0.179. The maximum atomic E-state index is 15.1. The quantitative estimate of drug-likeness (QED) is 0.210. The Kier molecular flexibility index (Phi) is 7.86. The zero-order chi connectivity index (χ0) is 25.4. The van der Waals surface area contributed by atoms with E-state index in [1.165, 1.54) is 25.2 Å². The monoisotopic (exact) mass is 579 g/mol. The highest BCUT2D eigenvalue weighted by Gasteiger charge is 2.48. The summed E-state index contributed by atoms with van der Waals surface area (Å²) in [5, 5.41) is 0.256. The van der Waals surface area contributed by atoms with Crippen molar-refractivity contribution in [3.8, 4) is 0 Å². The molecule has 1 amide bonds. The second kappa shape index (κ2) is 10.0. The Balaban J connectivity index is 2.22. The van der Waals surface area contributed by atoms with Crippen LogP contribution in [0.5, 0.6) is 0 Å². The molecule has 0 spiro atoms. The number of rotatable bonds is 4. The van der Waals surface area contributed by atoms with Crippen molar-refractivity contribution in [2.45, 2.75) is 44.6 Å². The predicted molar refractivity (Wildman–Crippen MR) is 131 cm³/mol. The molecule has 1 saturated heterocycles. The number of nitrogens with one attached hydrogen (secondary N) is 1. The van der Waals surface area contributed by atoms with Gasteiger partial charge in [0.25, 0.3) is 0 Å². The number of anilines is 1. The van der Waals surface area contributed by atoms with E-state index in [2.05, 4.69) is 26.4 Å². The molecule has 0 saturated carbocycles. The first-order valence-electron chi connectivity index (χ1n) is 10.4. The van der Waals surface area contributed by atoms with Crippen LogP contribution in [0.2, 0.25) is 10.2 Å². The number of fused-ring (bicyclic) bond motifs is 1. The van der Waals surface area contributed by atoms with Gasteiger partial charge in [-0.15, -0.1) is 0 Å². The molecule has 1 fully saturated rings. The summed E-state index contributed by atoms with van der Waals surface area (Å²) in [4.78, 5) is 36.7. The van der Waals surface area contributed by atoms with Crippen molar-refractivity contribution in [1.29, 1.82) is 0 Å². The second-order valence-electron chi connectivity index (χ2n) is 8.88. The van der Waals surface area contributed by atoms with Crippen molar-refractivity contribution < 1.29 is 28.3 Å². The molecular formula is C22H25BrCl2FN3O5. The zero-order valence-electron chi connectivity index (χ0n) is 19.4. The van der Waals surface area contributed by atoms with Crippen LogP contribution in [-0.4, -0.2) is 54.9 Å². The van der Waals surface area contributed by atoms with Crippen LogP contribution < -0.4 is 5.48 Å². The molecule has 1 aromatic carbocycles. The van der Waals surface area contributed by atoms with E-state index < -0.39 is 28.9 Å². The lowest BCUT2D eigenvalue weighted by atomic mass is 9.71. The fourth-order valence-electron chi connectivity index (χ4n) is 4.12. The molecule has 0 bridgehead atoms. The lowest BCUT2D eigenvalue weighted by Gasteiger charge is -2.41. The van der Waals surface area contributed by atoms with Crippen LogP contribution in [0, 0.1) is 5.82 Å². The standard InChI is InChI=1S/C22H25BrCl2FN3O5/c1-21(2,3)34-20(31)29-8-6-22(7-9-29,19(30)32-4)13-11-10-12(24)14(23)15(26)16(11)27-18(25)17(13)28-33-5/h10,28H,6-9H2,1-5H3. The molecule has 12 heteroatoms. The normalized spacial score (nSPS) is 15.9. The van der Waals surface area contributed by atoms with E-state index >= 15 is 4.39 Å². The number of hydrogen-bond donors (Lipinski definition) is 1. The summed E-state index contributed by atoms with van der Waals surface area (Å²) >= 11 is 15.8. The zero-order valence-corrected chi connectivity index (χ0v) is 22.5. The van der Waals surface area contributed by atoms with Gasteiger partial charge in [0, 0.05) is 24.0 Å². The third kappa shape index (κ3) is 4.91. The van der Waals surface area contributed by atoms with E-state index in [1.807, 2.05) is 0 Å². The summed E-state index contributed by atoms with van der Waals surface area (Å²) in [6, 6.07) is 1.51. The van der Waals surface area contributed by atoms with Crippen molar-refractivity contribution >= 4 is 67.8 Å². The summed E-state index contributed by atoms with van der Waals surface area (Å²) < 4.78 is 25.8. The van der Waals surface area contributed by atoms with Crippen molar-refractivity contribution in [2.75, 3.05) is 32.8 Å². The highest BCUT2D eigenvalue weighted by molar-refractivity contribution is 9.10. The molecule has 0 aliphatic carbocycles. The Bertz CT molecular complexity index is 1130. The number of hydrogen-bond acceptors (Lipinski definition) is 7. The average Bonchev–Trinajstić information content (AvgIpc) is 2.77. The number of esters is 1. The Morgan fingerprint density at radius 2 is 1.85 bits per heavy atom. The first-order chi connectivity index (χ1) is 15.9. The number of carbonyl (C=O) groups is 2. The van der Waals surface area contributed by atoms with Crippen LogP contribution in [0.1, 0.15) is 39.2 Å². The molecule has 186 valence electrons. The molecule has 1 aromatic heterocycles. The number of benzene rings is 1. The summed E-state index contributed by atoms with van der Waals surface area (Å²) in [7, 11) is 2.64. The van der Waals surface area contributed by atoms with Crippen molar-refractivity contribution in [1.82, 2.24) is 9.88 Å². The van der Waals surface area contributed by atoms with Gasteiger partial charge in [0.2, 0.25) is 0 Å². The molecular weight excluding hydrogens is 556 g/mol. The molecule has 0 atom stereocenters. The fraction of sp³-hybridized carbons (Fsp3) is 0.500. The van der Waals surface area contributed by atoms with Gasteiger partial charge in [0.1, 0.15) is 16.8 Å². The highest BCUT2D eigenvalue weighted by Crippen LogP contribution is 2.48. The second-order valence-corrected chi connectivity index (χ2v) is 10.4. The number of likely N-dealkylation sites (tertiary alicyclic amines) is 1. The lowest BCUT2D eigenvalue weighted by molar-refractivity contribution is -0.149. The third-order valence-corrected chi connectivity index (χ3v) is 7.17. The van der Waals surface area contributed by atoms with Crippen LogP contribution in [0.3, 0.4) is 0 Å². The molecule has 3 rings (SSSR count). The molecule has 1 N–H and O–H groups in total. The number of ether oxygens (including phenoxy) is 2. The first kappa shape index (κ1) is 26.7. The van der Waals surface area contributed by atoms with Gasteiger partial charge in [-0.3, -0.25) is 15.1 Å². The van der Waals surface area contributed by atoms with Crippen LogP contribution in [0.4, 0.5) is 14.9 Å². The highest BCUT2D eigenvalue weighted by atomic mass is 79.9. The smallest absolute Gasteiger partial charge is 0.410 e. The predicted octanol–water partition coefficient (Wildman–Crippen LogP) is 5.86. The molecule has 8 nitrogen and oxygen atoms in total. The van der Waals surface area contributed by atoms with Gasteiger partial charge in [-0.25, -0.2) is 14.2 Å². The van der Waals surface area contributed by atoms with Crippen LogP contribution in [0.25, 0.3) is 10.9 Å². The number of nitrogens with zero attached hydrogens (tertiary/aromatic N) is 2. The van der Waals surface area contributed by atoms with Gasteiger partial charge >= 0.3 is 12.1 Å². The average molecular weight is 581 g/mol. The van der Waals surface area contributed by atoms with E-state index in [1.54, 1.807) is 20.8 Å². The number of halogens is 4. The molecule has 0 radical (unpaired) electrons. The van der Waals surface area contributed by atoms with Crippen LogP contribution in [0.15, 0.2) is 10.5 Å². The molecule has 2 heterocycles. The SMILES string of the molecule is CONc1c(Cl)nc2c(F)c(Br)c(Cl)cc2c1C1(C(=O)OC)CCN(C(=O)OC(C)(C)C)CC1. The minimum atomic E-state index is -1.30. The number of carbonyl (C=O) groups excluding carboxylic acids is 2. The molecule has 34 heavy (non-hydrogen) atoms. The van der Waals surface area contributed by atoms with Crippen molar-refractivity contribution in [3.63, 3.8) is 0 Å². The van der Waals surface area contributed by atoms with Gasteiger partial charge in [0.15, 0.2) is 11.0 Å². The fourth-order valence-corrected chi connectivity index (χ4v) is 4.83. The lowest BCUT2D eigenvalue weighted by Crippen LogP contribution is -2.50. The summed E-state index contributed by atoms with van der Waals surface area (Å²) in [6.45, 7) is 5.70. The number of methoxy groups -OCH3 is 1. The van der Waals surface area contributed by atoms with E-state index in [0.29, 0.717) is 5.56 Å². The van der Waals surface area contributed by atoms with Crippen molar-refractivity contribution in [3.05, 3.63) is 32.1 Å². The van der Waals surface area contributed by atoms with Crippen LogP contribution >= 0.6 is 39.1 Å². The number of pyridine rings is 1. The van der Waals surface area contributed by atoms with Gasteiger partial charge in [-0.2, -0.15) is 0 Å². The van der Waals surface area contributed by atoms with E-state index in [-0.39, 0.29) is 57.2 Å². The third-order valence-electron chi connectivity index (χ3n) is 5.60. The maximum Gasteiger partial charge on any atom is 0.410 e. The number of piperidine rings is 1. The minimum absolute atomic E-state index is 0.0236. The van der Waals surface area contributed by atoms with Gasteiger partial charge in [-0.05, 0) is 55.6 Å². The van der Waals surface area contributed by atoms with Crippen LogP contribution in [-0.2, 0) is 24.5 Å². The number of amides is 1. The van der Waals surface area contributed by atoms with E-state index in [9.17, 15) is 9.59 Å². The Hall–Kier alpha value is -1.88. The Labute approximate surface area is 215 Å². The number of aromatic nitrogens is 1. The first-order valence-corrected chi connectivity index (χ1v) is 11.9.